The number of unbranched alkanes of at least 4 members (excludes halogenated alkanes) is 5. The highest BCUT2D eigenvalue weighted by Crippen LogP contribution is 2.03. The van der Waals surface area contributed by atoms with E-state index < -0.39 is 15.9 Å². The molecular formula is C20H35NO4S. The Bertz CT molecular complexity index is 536. The molecule has 1 amide bonds. The summed E-state index contributed by atoms with van der Waals surface area (Å²) in [4.78, 5) is 11.4. The van der Waals surface area contributed by atoms with Gasteiger partial charge in [0, 0.05) is 13.0 Å². The fraction of sp³-hybridized carbons (Fsp3) is 0.650. The highest BCUT2D eigenvalue weighted by Gasteiger charge is 2.05. The second-order valence-corrected chi connectivity index (χ2v) is 7.84. The van der Waals surface area contributed by atoms with E-state index in [9.17, 15) is 13.2 Å². The molecule has 0 aliphatic carbocycles. The standard InChI is InChI=1S/C20H35NO4S/c1-2-3-4-5-6-7-8-9-10-11-12-13-14-15-16-17-20(22)21-18-19-26(23,24)25/h6-7,9-10,12-13H,2-5,8,11,14-19H2,1H3,(H,21,22)(H,23,24,25)/b7-6-,10-9-,13-12-. The molecule has 150 valence electrons. The van der Waals surface area contributed by atoms with Crippen molar-refractivity contribution in [2.45, 2.75) is 71.1 Å². The lowest BCUT2D eigenvalue weighted by Gasteiger charge is -2.03. The van der Waals surface area contributed by atoms with Gasteiger partial charge in [-0.2, -0.15) is 8.42 Å². The second kappa shape index (κ2) is 17.0. The minimum absolute atomic E-state index is 0.0438. The Morgan fingerprint density at radius 1 is 0.885 bits per heavy atom. The summed E-state index contributed by atoms with van der Waals surface area (Å²) in [7, 11) is -4.00. The quantitative estimate of drug-likeness (QED) is 0.231. The molecule has 0 fully saturated rings. The van der Waals surface area contributed by atoms with Gasteiger partial charge in [0.2, 0.25) is 5.91 Å². The second-order valence-electron chi connectivity index (χ2n) is 6.26. The minimum atomic E-state index is -4.00. The van der Waals surface area contributed by atoms with Crippen molar-refractivity contribution in [1.82, 2.24) is 5.32 Å². The molecule has 6 heteroatoms. The van der Waals surface area contributed by atoms with E-state index >= 15 is 0 Å². The average Bonchev–Trinajstić information content (AvgIpc) is 2.57. The zero-order valence-electron chi connectivity index (χ0n) is 16.0. The van der Waals surface area contributed by atoms with Gasteiger partial charge in [0.25, 0.3) is 10.1 Å². The van der Waals surface area contributed by atoms with E-state index in [0.29, 0.717) is 6.42 Å². The molecule has 0 bridgehead atoms. The van der Waals surface area contributed by atoms with E-state index in [4.69, 9.17) is 4.55 Å². The van der Waals surface area contributed by atoms with Gasteiger partial charge in [0.1, 0.15) is 0 Å². The van der Waals surface area contributed by atoms with Crippen LogP contribution in [0.4, 0.5) is 0 Å². The van der Waals surface area contributed by atoms with E-state index in [0.717, 1.165) is 32.1 Å². The molecule has 0 spiro atoms. The van der Waals surface area contributed by atoms with Crippen molar-refractivity contribution in [2.75, 3.05) is 12.3 Å². The third-order valence-corrected chi connectivity index (χ3v) is 4.45. The number of amides is 1. The van der Waals surface area contributed by atoms with Crippen LogP contribution in [0.1, 0.15) is 71.1 Å². The highest BCUT2D eigenvalue weighted by atomic mass is 32.2. The maximum atomic E-state index is 11.4. The van der Waals surface area contributed by atoms with E-state index in [1.54, 1.807) is 0 Å². The zero-order valence-corrected chi connectivity index (χ0v) is 16.8. The van der Waals surface area contributed by atoms with Gasteiger partial charge in [-0.25, -0.2) is 0 Å². The predicted octanol–water partition coefficient (Wildman–Crippen LogP) is 4.58. The van der Waals surface area contributed by atoms with Crippen LogP contribution < -0.4 is 5.32 Å². The molecule has 0 heterocycles. The summed E-state index contributed by atoms with van der Waals surface area (Å²) in [5.74, 6) is -0.618. The van der Waals surface area contributed by atoms with E-state index in [-0.39, 0.29) is 12.5 Å². The van der Waals surface area contributed by atoms with E-state index in [1.165, 1.54) is 25.7 Å². The highest BCUT2D eigenvalue weighted by molar-refractivity contribution is 7.85. The van der Waals surface area contributed by atoms with Crippen LogP contribution >= 0.6 is 0 Å². The first-order valence-corrected chi connectivity index (χ1v) is 11.2. The molecule has 0 unspecified atom stereocenters. The monoisotopic (exact) mass is 385 g/mol. The molecule has 26 heavy (non-hydrogen) atoms. The van der Waals surface area contributed by atoms with Gasteiger partial charge in [-0.1, -0.05) is 56.2 Å². The van der Waals surface area contributed by atoms with Gasteiger partial charge in [0.15, 0.2) is 0 Å². The normalized spacial score (nSPS) is 12.5. The molecule has 0 aromatic rings. The van der Waals surface area contributed by atoms with Crippen molar-refractivity contribution in [3.05, 3.63) is 36.5 Å². The smallest absolute Gasteiger partial charge is 0.266 e. The number of hydrogen-bond donors (Lipinski definition) is 2. The molecule has 0 aliphatic heterocycles. The van der Waals surface area contributed by atoms with Gasteiger partial charge in [-0.15, -0.1) is 0 Å². The number of carbonyl (C=O) groups excluding carboxylic acids is 1. The first-order valence-electron chi connectivity index (χ1n) is 9.62. The number of hydrogen-bond acceptors (Lipinski definition) is 3. The van der Waals surface area contributed by atoms with Crippen LogP contribution in [-0.4, -0.2) is 31.2 Å². The van der Waals surface area contributed by atoms with Gasteiger partial charge in [-0.3, -0.25) is 9.35 Å². The molecule has 0 rings (SSSR count). The van der Waals surface area contributed by atoms with Gasteiger partial charge in [0.05, 0.1) is 5.75 Å². The molecule has 0 saturated carbocycles. The molecule has 5 nitrogen and oxygen atoms in total. The van der Waals surface area contributed by atoms with Crippen LogP contribution in [0, 0.1) is 0 Å². The Hall–Kier alpha value is -1.40. The van der Waals surface area contributed by atoms with Crippen molar-refractivity contribution < 1.29 is 17.8 Å². The summed E-state index contributed by atoms with van der Waals surface area (Å²) >= 11 is 0. The Morgan fingerprint density at radius 2 is 1.42 bits per heavy atom. The topological polar surface area (TPSA) is 83.5 Å². The number of carbonyl (C=O) groups is 1. The lowest BCUT2D eigenvalue weighted by molar-refractivity contribution is -0.121. The van der Waals surface area contributed by atoms with Gasteiger partial charge in [-0.05, 0) is 44.9 Å². The molecule has 0 atom stereocenters. The molecule has 0 saturated heterocycles. The van der Waals surface area contributed by atoms with Crippen LogP contribution in [0.15, 0.2) is 36.5 Å². The maximum Gasteiger partial charge on any atom is 0.266 e. The Balaban J connectivity index is 3.47. The summed E-state index contributed by atoms with van der Waals surface area (Å²) in [6.07, 6.45) is 23.0. The fourth-order valence-corrected chi connectivity index (χ4v) is 2.61. The van der Waals surface area contributed by atoms with Gasteiger partial charge >= 0.3 is 0 Å². The van der Waals surface area contributed by atoms with Crippen molar-refractivity contribution in [3.63, 3.8) is 0 Å². The SMILES string of the molecule is CCCCC/C=C\C/C=C\C/C=C\CCCCC(=O)NCCS(=O)(=O)O. The van der Waals surface area contributed by atoms with Gasteiger partial charge < -0.3 is 5.32 Å². The third kappa shape index (κ3) is 20.6. The minimum Gasteiger partial charge on any atom is -0.355 e. The van der Waals surface area contributed by atoms with Crippen LogP contribution in [0.2, 0.25) is 0 Å². The van der Waals surface area contributed by atoms with E-state index in [2.05, 4.69) is 48.7 Å². The van der Waals surface area contributed by atoms with Crippen LogP contribution in [-0.2, 0) is 14.9 Å². The number of nitrogens with one attached hydrogen (secondary N) is 1. The summed E-state index contributed by atoms with van der Waals surface area (Å²) in [6, 6.07) is 0. The lowest BCUT2D eigenvalue weighted by atomic mass is 10.1. The Morgan fingerprint density at radius 3 is 1.96 bits per heavy atom. The summed E-state index contributed by atoms with van der Waals surface area (Å²) in [6.45, 7) is 2.17. The lowest BCUT2D eigenvalue weighted by Crippen LogP contribution is -2.28. The molecule has 0 aliphatic rings. The number of rotatable bonds is 16. The van der Waals surface area contributed by atoms with Crippen molar-refractivity contribution in [2.24, 2.45) is 0 Å². The average molecular weight is 386 g/mol. The third-order valence-electron chi connectivity index (χ3n) is 3.73. The summed E-state index contributed by atoms with van der Waals surface area (Å²) in [5.41, 5.74) is 0. The fourth-order valence-electron chi connectivity index (χ4n) is 2.25. The number of allylic oxidation sites excluding steroid dienone is 6. The molecule has 0 aromatic carbocycles. The summed E-state index contributed by atoms with van der Waals surface area (Å²) in [5, 5.41) is 2.48. The first-order chi connectivity index (χ1) is 12.5. The zero-order chi connectivity index (χ0) is 19.5. The largest absolute Gasteiger partial charge is 0.355 e. The summed E-state index contributed by atoms with van der Waals surface area (Å²) < 4.78 is 29.6. The van der Waals surface area contributed by atoms with Crippen LogP contribution in [0.3, 0.4) is 0 Å². The predicted molar refractivity (Wildman–Crippen MR) is 109 cm³/mol. The maximum absolute atomic E-state index is 11.4. The van der Waals surface area contributed by atoms with Crippen molar-refractivity contribution >= 4 is 16.0 Å². The van der Waals surface area contributed by atoms with Crippen LogP contribution in [0.25, 0.3) is 0 Å². The van der Waals surface area contributed by atoms with Crippen LogP contribution in [0.5, 0.6) is 0 Å². The Kier molecular flexibility index (Phi) is 16.1. The molecule has 0 radical (unpaired) electrons. The molecule has 2 N–H and O–H groups in total. The first kappa shape index (κ1) is 24.6. The van der Waals surface area contributed by atoms with E-state index in [1.807, 2.05) is 0 Å². The van der Waals surface area contributed by atoms with Crippen molar-refractivity contribution in [3.8, 4) is 0 Å². The van der Waals surface area contributed by atoms with Crippen molar-refractivity contribution in [1.29, 1.82) is 0 Å². The Labute approximate surface area is 159 Å². The molecule has 0 aromatic heterocycles. The molecular weight excluding hydrogens is 350 g/mol.